The number of ether oxygens (including phenoxy) is 1. The Labute approximate surface area is 343 Å². The number of hydrogen-bond acceptors (Lipinski definition) is 4. The van der Waals surface area contributed by atoms with E-state index in [1.54, 1.807) is 0 Å². The average molecular weight is 761 g/mol. The van der Waals surface area contributed by atoms with Crippen LogP contribution in [-0.4, -0.2) is 16.2 Å². The lowest BCUT2D eigenvalue weighted by Crippen LogP contribution is -2.24. The van der Waals surface area contributed by atoms with Gasteiger partial charge >= 0.3 is 0 Å². The predicted molar refractivity (Wildman–Crippen MR) is 243 cm³/mol. The van der Waals surface area contributed by atoms with Crippen molar-refractivity contribution in [2.75, 3.05) is 16.5 Å². The number of benzene rings is 6. The number of hydrogen-bond donors (Lipinski definition) is 0. The highest BCUT2D eigenvalue weighted by molar-refractivity contribution is 6.09. The molecule has 0 bridgehead atoms. The summed E-state index contributed by atoms with van der Waals surface area (Å²) in [6.45, 7) is 18.9. The van der Waals surface area contributed by atoms with Crippen molar-refractivity contribution in [1.82, 2.24) is 9.55 Å². The van der Waals surface area contributed by atoms with Crippen molar-refractivity contribution in [3.8, 4) is 17.3 Å². The molecule has 58 heavy (non-hydrogen) atoms. The molecule has 2 aromatic heterocycles. The maximum Gasteiger partial charge on any atom is 0.137 e. The van der Waals surface area contributed by atoms with Crippen molar-refractivity contribution >= 4 is 44.6 Å². The van der Waals surface area contributed by atoms with E-state index in [1.807, 2.05) is 12.3 Å². The summed E-state index contributed by atoms with van der Waals surface area (Å²) in [5, 5.41) is 2.37. The molecule has 0 aliphatic carbocycles. The fourth-order valence-corrected chi connectivity index (χ4v) is 8.38. The van der Waals surface area contributed by atoms with Crippen LogP contribution in [0.25, 0.3) is 27.6 Å². The number of fused-ring (bicyclic) bond motifs is 4. The fourth-order valence-electron chi connectivity index (χ4n) is 8.38. The lowest BCUT2D eigenvalue weighted by atomic mass is 9.78. The van der Waals surface area contributed by atoms with Crippen LogP contribution in [0.1, 0.15) is 77.6 Å². The Morgan fingerprint density at radius 3 is 1.79 bits per heavy atom. The third-order valence-electron chi connectivity index (χ3n) is 11.9. The lowest BCUT2D eigenvalue weighted by Gasteiger charge is -2.26. The van der Waals surface area contributed by atoms with Gasteiger partial charge in [-0.3, -0.25) is 4.57 Å². The fraction of sp³-hybridized carbons (Fsp3) is 0.226. The van der Waals surface area contributed by atoms with Crippen LogP contribution in [0.4, 0.5) is 22.7 Å². The van der Waals surface area contributed by atoms with Gasteiger partial charge in [0, 0.05) is 45.9 Å². The van der Waals surface area contributed by atoms with Gasteiger partial charge in [0.2, 0.25) is 0 Å². The first-order chi connectivity index (χ1) is 27.8. The van der Waals surface area contributed by atoms with Crippen molar-refractivity contribution in [3.63, 3.8) is 0 Å². The molecule has 0 atom stereocenters. The van der Waals surface area contributed by atoms with Crippen LogP contribution in [0.15, 0.2) is 158 Å². The zero-order valence-corrected chi connectivity index (χ0v) is 34.9. The normalized spacial score (nSPS) is 13.4. The first kappa shape index (κ1) is 37.3. The molecule has 0 spiro atoms. The maximum atomic E-state index is 6.77. The van der Waals surface area contributed by atoms with Gasteiger partial charge in [0.25, 0.3) is 0 Å². The van der Waals surface area contributed by atoms with Gasteiger partial charge in [-0.25, -0.2) is 4.98 Å². The predicted octanol–water partition coefficient (Wildman–Crippen LogP) is 14.1. The van der Waals surface area contributed by atoms with Crippen LogP contribution in [0.5, 0.6) is 11.5 Å². The minimum atomic E-state index is -0.209. The Kier molecular flexibility index (Phi) is 8.96. The summed E-state index contributed by atoms with van der Waals surface area (Å²) in [4.78, 5) is 9.78. The monoisotopic (exact) mass is 760 g/mol. The van der Waals surface area contributed by atoms with Crippen molar-refractivity contribution in [1.29, 1.82) is 0 Å². The smallest absolute Gasteiger partial charge is 0.137 e. The number of aromatic nitrogens is 2. The lowest BCUT2D eigenvalue weighted by molar-refractivity contribution is 0.483. The van der Waals surface area contributed by atoms with E-state index in [-0.39, 0.29) is 16.2 Å². The molecule has 0 unspecified atom stereocenters. The van der Waals surface area contributed by atoms with E-state index in [0.29, 0.717) is 6.67 Å². The van der Waals surface area contributed by atoms with Crippen molar-refractivity contribution in [2.24, 2.45) is 0 Å². The highest BCUT2D eigenvalue weighted by Gasteiger charge is 2.29. The second-order valence-corrected chi connectivity index (χ2v) is 18.3. The first-order valence-electron chi connectivity index (χ1n) is 20.4. The quantitative estimate of drug-likeness (QED) is 0.162. The third kappa shape index (κ3) is 6.68. The summed E-state index contributed by atoms with van der Waals surface area (Å²) in [6, 6.07) is 54.5. The number of rotatable bonds is 7. The van der Waals surface area contributed by atoms with Crippen molar-refractivity contribution in [2.45, 2.75) is 71.6 Å². The van der Waals surface area contributed by atoms with Gasteiger partial charge < -0.3 is 14.5 Å². The Morgan fingerprint density at radius 1 is 0.466 bits per heavy atom. The molecule has 0 amide bonds. The van der Waals surface area contributed by atoms with E-state index >= 15 is 0 Å². The molecular formula is C53H52N4O. The van der Waals surface area contributed by atoms with Gasteiger partial charge in [-0.05, 0) is 106 Å². The summed E-state index contributed by atoms with van der Waals surface area (Å²) < 4.78 is 9.07. The molecule has 5 nitrogen and oxygen atoms in total. The largest absolute Gasteiger partial charge is 0.457 e. The van der Waals surface area contributed by atoms with Crippen LogP contribution in [0.2, 0.25) is 0 Å². The second kappa shape index (κ2) is 13.9. The Morgan fingerprint density at radius 2 is 1.09 bits per heavy atom. The van der Waals surface area contributed by atoms with Gasteiger partial charge in [0.1, 0.15) is 24.0 Å². The Hall–Kier alpha value is -6.33. The molecule has 8 aromatic rings. The summed E-state index contributed by atoms with van der Waals surface area (Å²) in [5.74, 6) is 2.44. The molecule has 9 rings (SSSR count). The molecule has 0 fully saturated rings. The van der Waals surface area contributed by atoms with Gasteiger partial charge in [0.15, 0.2) is 0 Å². The molecule has 290 valence electrons. The van der Waals surface area contributed by atoms with Crippen LogP contribution in [0.3, 0.4) is 0 Å². The summed E-state index contributed by atoms with van der Waals surface area (Å²) in [5.41, 5.74) is 11.8. The van der Waals surface area contributed by atoms with Crippen LogP contribution in [0, 0.1) is 0 Å². The topological polar surface area (TPSA) is 33.5 Å². The third-order valence-corrected chi connectivity index (χ3v) is 11.9. The molecular weight excluding hydrogens is 709 g/mol. The zero-order valence-electron chi connectivity index (χ0n) is 34.9. The van der Waals surface area contributed by atoms with Gasteiger partial charge in [-0.1, -0.05) is 122 Å². The van der Waals surface area contributed by atoms with E-state index in [0.717, 1.165) is 34.0 Å². The van der Waals surface area contributed by atoms with Crippen molar-refractivity contribution < 1.29 is 4.74 Å². The van der Waals surface area contributed by atoms with E-state index in [1.165, 1.54) is 50.1 Å². The van der Waals surface area contributed by atoms with Gasteiger partial charge in [0.05, 0.1) is 22.4 Å². The highest BCUT2D eigenvalue weighted by atomic mass is 16.5. The Bertz CT molecular complexity index is 2800. The molecule has 1 aliphatic rings. The van der Waals surface area contributed by atoms with Crippen LogP contribution >= 0.6 is 0 Å². The molecule has 0 saturated carbocycles. The van der Waals surface area contributed by atoms with Gasteiger partial charge in [-0.2, -0.15) is 0 Å². The van der Waals surface area contributed by atoms with E-state index in [4.69, 9.17) is 9.72 Å². The second-order valence-electron chi connectivity index (χ2n) is 18.3. The summed E-state index contributed by atoms with van der Waals surface area (Å²) in [6.07, 6.45) is 1.95. The molecule has 0 radical (unpaired) electrons. The minimum absolute atomic E-state index is 0.0118. The molecule has 6 aromatic carbocycles. The van der Waals surface area contributed by atoms with E-state index < -0.39 is 0 Å². The van der Waals surface area contributed by atoms with Gasteiger partial charge in [-0.15, -0.1) is 0 Å². The highest BCUT2D eigenvalue weighted by Crippen LogP contribution is 2.46. The first-order valence-corrected chi connectivity index (χ1v) is 20.4. The van der Waals surface area contributed by atoms with Crippen LogP contribution < -0.4 is 14.5 Å². The summed E-state index contributed by atoms with van der Waals surface area (Å²) in [7, 11) is 0. The Balaban J connectivity index is 1.10. The van der Waals surface area contributed by atoms with Crippen LogP contribution in [-0.2, 0) is 16.2 Å². The van der Waals surface area contributed by atoms with Crippen molar-refractivity contribution in [3.05, 3.63) is 180 Å². The number of para-hydroxylation sites is 2. The SMILES string of the molecule is CC(C)(C)c1cccc(N2CN(c3cccc(Oc4ccc5c6cc(C(C)(C)C)ccc6n(-c6cc(C(C)(C)c7ccccc7)ccn6)c5c4)c3)c3ccccc32)c1. The maximum absolute atomic E-state index is 6.77. The molecule has 3 heterocycles. The molecule has 1 aliphatic heterocycles. The molecule has 5 heteroatoms. The number of anilines is 4. The number of nitrogens with zero attached hydrogens (tertiary/aromatic N) is 4. The summed E-state index contributed by atoms with van der Waals surface area (Å²) >= 11 is 0. The van der Waals surface area contributed by atoms with E-state index in [2.05, 4.69) is 215 Å². The average Bonchev–Trinajstić information content (AvgIpc) is 3.76. The standard InChI is InChI=1S/C53H52N4O/c1-51(2,3)37-18-14-19-40(30-37)55-35-56(48-23-13-12-22-47(48)55)41-20-15-21-42(33-41)58-43-25-26-44-45-31-38(52(4,5)6)24-27-46(45)57(49(44)34-43)50-32-39(28-29-54-50)53(7,8)36-16-10-9-11-17-36/h9-34H,35H2,1-8H3. The zero-order chi connectivity index (χ0) is 40.4. The molecule has 0 N–H and O–H groups in total. The minimum Gasteiger partial charge on any atom is -0.457 e. The van der Waals surface area contributed by atoms with E-state index in [9.17, 15) is 0 Å². The molecule has 0 saturated heterocycles. The number of pyridine rings is 1.